The van der Waals surface area contributed by atoms with Crippen molar-refractivity contribution in [3.05, 3.63) is 0 Å². The Morgan fingerprint density at radius 1 is 0.750 bits per heavy atom. The second-order valence-electron chi connectivity index (χ2n) is 9.26. The number of hydrogen-bond donors (Lipinski definition) is 1. The standard InChI is InChI=1S/C11H18O3.C10H16O3.CH4/c1-7(12)5-8-9(11(8,2)3)6-10(13)14-4;1-6(11)4-7-8(5-9(12)13)10(7,2)3;/h8-9H,5-6H2,1-4H3;7-8H,4-5H2,1-3H3,(H,12,13);1H4/t8?,9-;7?,8-;/m11./s1. The van der Waals surface area contributed by atoms with Crippen molar-refractivity contribution >= 4 is 23.5 Å². The van der Waals surface area contributed by atoms with Gasteiger partial charge in [0.1, 0.15) is 11.6 Å². The first kappa shape index (κ1) is 26.3. The molecule has 2 aliphatic carbocycles. The molecule has 1 N–H and O–H groups in total. The summed E-state index contributed by atoms with van der Waals surface area (Å²) in [7, 11) is 1.40. The predicted octanol–water partition coefficient (Wildman–Crippen LogP) is 4.15. The average Bonchev–Trinajstić information content (AvgIpc) is 3.21. The number of carboxylic acid groups (broad SMARTS) is 1. The van der Waals surface area contributed by atoms with Crippen LogP contribution in [0.2, 0.25) is 0 Å². The highest BCUT2D eigenvalue weighted by molar-refractivity contribution is 5.77. The summed E-state index contributed by atoms with van der Waals surface area (Å²) in [6.07, 6.45) is 1.77. The van der Waals surface area contributed by atoms with Crippen molar-refractivity contribution in [2.24, 2.45) is 34.5 Å². The molecule has 0 aromatic carbocycles. The monoisotopic (exact) mass is 398 g/mol. The second-order valence-corrected chi connectivity index (χ2v) is 9.26. The third kappa shape index (κ3) is 6.71. The van der Waals surface area contributed by atoms with E-state index in [9.17, 15) is 19.2 Å². The Bertz CT molecular complexity index is 580. The zero-order valence-corrected chi connectivity index (χ0v) is 17.6. The second kappa shape index (κ2) is 9.66. The fraction of sp³-hybridized carbons (Fsp3) is 0.818. The van der Waals surface area contributed by atoms with Crippen LogP contribution in [0.5, 0.6) is 0 Å². The molecule has 2 rings (SSSR count). The van der Waals surface area contributed by atoms with Crippen LogP contribution in [-0.2, 0) is 23.9 Å². The zero-order valence-electron chi connectivity index (χ0n) is 17.6. The Morgan fingerprint density at radius 2 is 1.07 bits per heavy atom. The lowest BCUT2D eigenvalue weighted by molar-refractivity contribution is -0.141. The van der Waals surface area contributed by atoms with Crippen LogP contribution < -0.4 is 0 Å². The molecule has 0 saturated heterocycles. The number of esters is 1. The summed E-state index contributed by atoms with van der Waals surface area (Å²) in [6.45, 7) is 11.4. The molecule has 162 valence electrons. The van der Waals surface area contributed by atoms with Gasteiger partial charge in [0.25, 0.3) is 0 Å². The van der Waals surface area contributed by atoms with Gasteiger partial charge in [-0.25, -0.2) is 0 Å². The minimum atomic E-state index is -0.760. The van der Waals surface area contributed by atoms with E-state index in [1.165, 1.54) is 7.11 Å². The van der Waals surface area contributed by atoms with Gasteiger partial charge in [0.15, 0.2) is 0 Å². The molecule has 4 atom stereocenters. The molecular weight excluding hydrogens is 360 g/mol. The quantitative estimate of drug-likeness (QED) is 0.617. The van der Waals surface area contributed by atoms with E-state index in [2.05, 4.69) is 18.6 Å². The number of ketones is 2. The van der Waals surface area contributed by atoms with Gasteiger partial charge >= 0.3 is 11.9 Å². The lowest BCUT2D eigenvalue weighted by atomic mass is 10.1. The SMILES string of the molecule is C.CC(=O)CC1[C@@H](CC(=O)O)C1(C)C.COC(=O)C[C@@H]1C(CC(C)=O)C1(C)C. The van der Waals surface area contributed by atoms with Crippen LogP contribution in [0.1, 0.15) is 74.7 Å². The maximum atomic E-state index is 11.1. The first-order chi connectivity index (χ1) is 12.2. The smallest absolute Gasteiger partial charge is 0.305 e. The fourth-order valence-electron chi connectivity index (χ4n) is 4.41. The molecule has 0 aromatic rings. The fourth-order valence-corrected chi connectivity index (χ4v) is 4.41. The van der Waals surface area contributed by atoms with E-state index in [4.69, 9.17) is 5.11 Å². The predicted molar refractivity (Wildman–Crippen MR) is 108 cm³/mol. The maximum Gasteiger partial charge on any atom is 0.305 e. The summed E-state index contributed by atoms with van der Waals surface area (Å²) in [5.74, 6) is 0.576. The molecule has 0 spiro atoms. The van der Waals surface area contributed by atoms with Gasteiger partial charge in [-0.1, -0.05) is 35.1 Å². The van der Waals surface area contributed by atoms with Crippen LogP contribution in [0.4, 0.5) is 0 Å². The van der Waals surface area contributed by atoms with E-state index in [0.717, 1.165) is 0 Å². The molecule has 0 bridgehead atoms. The Kier molecular flexibility index (Phi) is 9.07. The minimum absolute atomic E-state index is 0. The summed E-state index contributed by atoms with van der Waals surface area (Å²) in [5.41, 5.74) is 0.171. The summed E-state index contributed by atoms with van der Waals surface area (Å²) in [6, 6.07) is 0. The van der Waals surface area contributed by atoms with Gasteiger partial charge in [0.05, 0.1) is 7.11 Å². The van der Waals surface area contributed by atoms with Gasteiger partial charge in [-0.3, -0.25) is 9.59 Å². The molecule has 0 aliphatic heterocycles. The van der Waals surface area contributed by atoms with Crippen LogP contribution in [0, 0.1) is 34.5 Å². The molecule has 2 saturated carbocycles. The number of rotatable bonds is 8. The van der Waals surface area contributed by atoms with Gasteiger partial charge in [-0.2, -0.15) is 0 Å². The van der Waals surface area contributed by atoms with Crippen molar-refractivity contribution in [3.63, 3.8) is 0 Å². The third-order valence-corrected chi connectivity index (χ3v) is 6.60. The topological polar surface area (TPSA) is 97.7 Å². The lowest BCUT2D eigenvalue weighted by Crippen LogP contribution is -2.03. The molecule has 28 heavy (non-hydrogen) atoms. The average molecular weight is 399 g/mol. The molecule has 6 heteroatoms. The van der Waals surface area contributed by atoms with Crippen LogP contribution >= 0.6 is 0 Å². The summed E-state index contributed by atoms with van der Waals surface area (Å²) < 4.78 is 4.62. The summed E-state index contributed by atoms with van der Waals surface area (Å²) in [5, 5.41) is 8.62. The maximum absolute atomic E-state index is 11.1. The van der Waals surface area contributed by atoms with E-state index in [1.54, 1.807) is 13.8 Å². The molecule has 2 fully saturated rings. The number of carbonyl (C=O) groups is 4. The van der Waals surface area contributed by atoms with Gasteiger partial charge in [0.2, 0.25) is 0 Å². The van der Waals surface area contributed by atoms with Crippen LogP contribution in [0.15, 0.2) is 0 Å². The van der Waals surface area contributed by atoms with Crippen molar-refractivity contribution in [2.45, 2.75) is 74.7 Å². The van der Waals surface area contributed by atoms with Crippen molar-refractivity contribution in [1.29, 1.82) is 0 Å². The number of carbonyl (C=O) groups excluding carboxylic acids is 3. The van der Waals surface area contributed by atoms with Crippen LogP contribution in [-0.4, -0.2) is 35.7 Å². The van der Waals surface area contributed by atoms with Gasteiger partial charge in [0, 0.05) is 25.7 Å². The van der Waals surface area contributed by atoms with Crippen molar-refractivity contribution in [3.8, 4) is 0 Å². The molecule has 0 aromatic heterocycles. The largest absolute Gasteiger partial charge is 0.481 e. The van der Waals surface area contributed by atoms with Gasteiger partial charge in [-0.05, 0) is 48.3 Å². The summed E-state index contributed by atoms with van der Waals surface area (Å²) >= 11 is 0. The normalized spacial score (nSPS) is 28.0. The molecule has 6 nitrogen and oxygen atoms in total. The van der Waals surface area contributed by atoms with E-state index >= 15 is 0 Å². The Balaban J connectivity index is 0.000000504. The molecule has 2 unspecified atom stereocenters. The Morgan fingerprint density at radius 3 is 1.36 bits per heavy atom. The minimum Gasteiger partial charge on any atom is -0.481 e. The van der Waals surface area contributed by atoms with Crippen LogP contribution in [0.3, 0.4) is 0 Å². The molecule has 0 radical (unpaired) electrons. The highest BCUT2D eigenvalue weighted by Gasteiger charge is 2.58. The van der Waals surface area contributed by atoms with Crippen molar-refractivity contribution < 1.29 is 29.0 Å². The van der Waals surface area contributed by atoms with E-state index in [-0.39, 0.29) is 54.0 Å². The van der Waals surface area contributed by atoms with Crippen molar-refractivity contribution in [1.82, 2.24) is 0 Å². The number of aliphatic carboxylic acids is 1. The highest BCUT2D eigenvalue weighted by atomic mass is 16.5. The first-order valence-electron chi connectivity index (χ1n) is 9.52. The number of methoxy groups -OCH3 is 1. The Labute approximate surface area is 169 Å². The zero-order chi connectivity index (χ0) is 21.2. The number of hydrogen-bond acceptors (Lipinski definition) is 5. The number of Topliss-reactive ketones (excluding diaryl/α,β-unsaturated/α-hetero) is 2. The van der Waals surface area contributed by atoms with Gasteiger partial charge in [-0.15, -0.1) is 0 Å². The molecule has 0 amide bonds. The first-order valence-corrected chi connectivity index (χ1v) is 9.52. The highest BCUT2D eigenvalue weighted by Crippen LogP contribution is 2.62. The molecular formula is C22H38O6. The van der Waals surface area contributed by atoms with E-state index < -0.39 is 5.97 Å². The molecule has 0 heterocycles. The summed E-state index contributed by atoms with van der Waals surface area (Å²) in [4.78, 5) is 43.4. The van der Waals surface area contributed by atoms with Crippen molar-refractivity contribution in [2.75, 3.05) is 7.11 Å². The third-order valence-electron chi connectivity index (χ3n) is 6.60. The number of carboxylic acids is 1. The van der Waals surface area contributed by atoms with E-state index in [0.29, 0.717) is 31.1 Å². The van der Waals surface area contributed by atoms with Gasteiger partial charge < -0.3 is 19.4 Å². The number of ether oxygens (including phenoxy) is 1. The van der Waals surface area contributed by atoms with Crippen LogP contribution in [0.25, 0.3) is 0 Å². The Hall–Kier alpha value is -1.72. The lowest BCUT2D eigenvalue weighted by Gasteiger charge is -2.00. The van der Waals surface area contributed by atoms with E-state index in [1.807, 2.05) is 13.8 Å². The molecule has 2 aliphatic rings.